The minimum absolute atomic E-state index is 0.0593. The number of unbranched alkanes of at least 4 members (excludes halogenated alkanes) is 45. The number of aliphatic hydroxyl groups is 1. The van der Waals surface area contributed by atoms with Gasteiger partial charge in [0.2, 0.25) is 0 Å². The fourth-order valence-electron chi connectivity index (χ4n) is 9.14. The Hall–Kier alpha value is -1.36. The quantitative estimate of drug-likeness (QED) is 0.0374. The molecule has 5 nitrogen and oxygen atoms in total. The summed E-state index contributed by atoms with van der Waals surface area (Å²) in [5.74, 6) is -0.571. The SMILES string of the molecule is CCCCCCCCCC/C=C\CCCCCCCCCCCC(=O)OC(CO)COC(=O)CCCCCCCCCCCCCCCCCCCCCCCCCCCCCCC. The van der Waals surface area contributed by atoms with E-state index in [1.807, 2.05) is 0 Å². The molecule has 0 aromatic rings. The van der Waals surface area contributed by atoms with Crippen LogP contribution in [0.15, 0.2) is 12.2 Å². The van der Waals surface area contributed by atoms with Gasteiger partial charge in [-0.2, -0.15) is 0 Å². The summed E-state index contributed by atoms with van der Waals surface area (Å²) in [6.45, 7) is 4.20. The number of esters is 2. The van der Waals surface area contributed by atoms with E-state index in [1.54, 1.807) is 0 Å². The summed E-state index contributed by atoms with van der Waals surface area (Å²) in [5, 5.41) is 9.65. The predicted molar refractivity (Wildman–Crippen MR) is 279 cm³/mol. The van der Waals surface area contributed by atoms with Crippen molar-refractivity contribution in [3.05, 3.63) is 12.2 Å². The maximum atomic E-state index is 12.3. The molecule has 1 N–H and O–H groups in total. The highest BCUT2D eigenvalue weighted by atomic mass is 16.6. The van der Waals surface area contributed by atoms with Crippen molar-refractivity contribution >= 4 is 11.9 Å². The maximum Gasteiger partial charge on any atom is 0.306 e. The van der Waals surface area contributed by atoms with Crippen LogP contribution in [0.1, 0.15) is 335 Å². The van der Waals surface area contributed by atoms with Crippen LogP contribution < -0.4 is 0 Å². The van der Waals surface area contributed by atoms with Gasteiger partial charge in [0.05, 0.1) is 6.61 Å². The lowest BCUT2D eigenvalue weighted by atomic mass is 10.0. The molecule has 0 aliphatic rings. The second-order valence-electron chi connectivity index (χ2n) is 20.1. The first-order valence-corrected chi connectivity index (χ1v) is 29.2. The molecule has 380 valence electrons. The van der Waals surface area contributed by atoms with Crippen LogP contribution in [0.4, 0.5) is 0 Å². The average Bonchev–Trinajstić information content (AvgIpc) is 3.30. The first-order chi connectivity index (χ1) is 31.6. The molecule has 5 heteroatoms. The van der Waals surface area contributed by atoms with E-state index >= 15 is 0 Å². The molecule has 1 atom stereocenters. The molecule has 0 aliphatic heterocycles. The molecule has 0 bridgehead atoms. The lowest BCUT2D eigenvalue weighted by molar-refractivity contribution is -0.161. The van der Waals surface area contributed by atoms with Crippen LogP contribution in [0.25, 0.3) is 0 Å². The second-order valence-corrected chi connectivity index (χ2v) is 20.1. The molecule has 0 saturated heterocycles. The molecule has 64 heavy (non-hydrogen) atoms. The third kappa shape index (κ3) is 53.3. The maximum absolute atomic E-state index is 12.3. The zero-order valence-corrected chi connectivity index (χ0v) is 43.6. The van der Waals surface area contributed by atoms with Gasteiger partial charge in [-0.25, -0.2) is 0 Å². The van der Waals surface area contributed by atoms with Crippen molar-refractivity contribution < 1.29 is 24.2 Å². The van der Waals surface area contributed by atoms with Crippen LogP contribution in [0.3, 0.4) is 0 Å². The number of ether oxygens (including phenoxy) is 2. The van der Waals surface area contributed by atoms with Crippen LogP contribution in [0.5, 0.6) is 0 Å². The standard InChI is InChI=1S/C59H114O5/c1-3-5-7-9-11-13-15-17-19-21-23-25-26-27-28-29-30-31-32-34-35-37-39-41-43-45-47-49-51-53-58(61)63-56-57(55-60)64-59(62)54-52-50-48-46-44-42-40-38-36-33-24-22-20-18-16-14-12-10-8-6-4-2/h22,24,57,60H,3-21,23,25-56H2,1-2H3/b24-22-. The lowest BCUT2D eigenvalue weighted by Crippen LogP contribution is -2.28. The van der Waals surface area contributed by atoms with Gasteiger partial charge in [-0.15, -0.1) is 0 Å². The molecule has 0 aromatic heterocycles. The number of carbonyl (C=O) groups excluding carboxylic acids is 2. The highest BCUT2D eigenvalue weighted by Gasteiger charge is 2.16. The van der Waals surface area contributed by atoms with E-state index in [0.717, 1.165) is 32.1 Å². The molecular weight excluding hydrogens is 789 g/mol. The monoisotopic (exact) mass is 903 g/mol. The smallest absolute Gasteiger partial charge is 0.306 e. The van der Waals surface area contributed by atoms with E-state index in [0.29, 0.717) is 12.8 Å². The second kappa shape index (κ2) is 56.0. The van der Waals surface area contributed by atoms with Gasteiger partial charge in [-0.05, 0) is 38.5 Å². The van der Waals surface area contributed by atoms with Crippen molar-refractivity contribution in [2.45, 2.75) is 341 Å². The number of allylic oxidation sites excluding steroid dienone is 2. The molecule has 0 heterocycles. The third-order valence-corrected chi connectivity index (χ3v) is 13.6. The fourth-order valence-corrected chi connectivity index (χ4v) is 9.14. The molecule has 0 aliphatic carbocycles. The van der Waals surface area contributed by atoms with Gasteiger partial charge in [-0.3, -0.25) is 9.59 Å². The van der Waals surface area contributed by atoms with E-state index < -0.39 is 6.10 Å². The topological polar surface area (TPSA) is 72.8 Å². The van der Waals surface area contributed by atoms with E-state index in [9.17, 15) is 14.7 Å². The normalized spacial score (nSPS) is 12.1. The zero-order valence-electron chi connectivity index (χ0n) is 43.6. The van der Waals surface area contributed by atoms with Crippen molar-refractivity contribution in [2.24, 2.45) is 0 Å². The summed E-state index contributed by atoms with van der Waals surface area (Å²) >= 11 is 0. The number of aliphatic hydroxyl groups excluding tert-OH is 1. The minimum atomic E-state index is -0.768. The molecule has 0 spiro atoms. The first kappa shape index (κ1) is 62.6. The summed E-state index contributed by atoms with van der Waals surface area (Å²) in [7, 11) is 0. The minimum Gasteiger partial charge on any atom is -0.462 e. The Morgan fingerprint density at radius 1 is 0.344 bits per heavy atom. The van der Waals surface area contributed by atoms with Crippen LogP contribution >= 0.6 is 0 Å². The molecule has 0 rings (SSSR count). The zero-order chi connectivity index (χ0) is 46.3. The van der Waals surface area contributed by atoms with Crippen molar-refractivity contribution in [3.8, 4) is 0 Å². The Bertz CT molecular complexity index is 932. The Labute approximate surface area is 401 Å². The van der Waals surface area contributed by atoms with Gasteiger partial charge in [0.15, 0.2) is 6.10 Å². The Morgan fingerprint density at radius 2 is 0.578 bits per heavy atom. The first-order valence-electron chi connectivity index (χ1n) is 29.2. The number of hydrogen-bond donors (Lipinski definition) is 1. The van der Waals surface area contributed by atoms with Crippen molar-refractivity contribution in [2.75, 3.05) is 13.2 Å². The number of hydrogen-bond acceptors (Lipinski definition) is 5. The largest absolute Gasteiger partial charge is 0.462 e. The number of rotatable bonds is 55. The van der Waals surface area contributed by atoms with Crippen LogP contribution in [-0.4, -0.2) is 36.4 Å². The average molecular weight is 904 g/mol. The summed E-state index contributed by atoms with van der Waals surface area (Å²) in [6.07, 6.45) is 69.2. The van der Waals surface area contributed by atoms with Crippen molar-refractivity contribution in [1.29, 1.82) is 0 Å². The van der Waals surface area contributed by atoms with E-state index in [-0.39, 0.29) is 25.2 Å². The summed E-state index contributed by atoms with van der Waals surface area (Å²) in [5.41, 5.74) is 0. The number of carbonyl (C=O) groups is 2. The summed E-state index contributed by atoms with van der Waals surface area (Å²) in [6, 6.07) is 0. The molecule has 0 amide bonds. The molecule has 1 unspecified atom stereocenters. The van der Waals surface area contributed by atoms with Gasteiger partial charge in [-0.1, -0.05) is 296 Å². The summed E-state index contributed by atoms with van der Waals surface area (Å²) < 4.78 is 10.7. The van der Waals surface area contributed by atoms with Gasteiger partial charge >= 0.3 is 11.9 Å². The van der Waals surface area contributed by atoms with Crippen LogP contribution in [0.2, 0.25) is 0 Å². The van der Waals surface area contributed by atoms with E-state index in [4.69, 9.17) is 9.47 Å². The highest BCUT2D eigenvalue weighted by molar-refractivity contribution is 5.70. The Balaban J connectivity index is 3.40. The molecular formula is C59H114O5. The molecule has 0 aromatic carbocycles. The summed E-state index contributed by atoms with van der Waals surface area (Å²) in [4.78, 5) is 24.5. The third-order valence-electron chi connectivity index (χ3n) is 13.6. The molecule has 0 fully saturated rings. The Morgan fingerprint density at radius 3 is 0.844 bits per heavy atom. The van der Waals surface area contributed by atoms with Crippen LogP contribution in [0, 0.1) is 0 Å². The lowest BCUT2D eigenvalue weighted by Gasteiger charge is -2.15. The van der Waals surface area contributed by atoms with Crippen molar-refractivity contribution in [1.82, 2.24) is 0 Å². The molecule has 0 radical (unpaired) electrons. The Kier molecular flexibility index (Phi) is 54.8. The van der Waals surface area contributed by atoms with Gasteiger partial charge in [0, 0.05) is 12.8 Å². The van der Waals surface area contributed by atoms with Gasteiger partial charge in [0.25, 0.3) is 0 Å². The predicted octanol–water partition coefficient (Wildman–Crippen LogP) is 19.5. The van der Waals surface area contributed by atoms with Gasteiger partial charge < -0.3 is 14.6 Å². The van der Waals surface area contributed by atoms with Gasteiger partial charge in [0.1, 0.15) is 6.61 Å². The van der Waals surface area contributed by atoms with E-state index in [1.165, 1.54) is 276 Å². The van der Waals surface area contributed by atoms with Crippen molar-refractivity contribution in [3.63, 3.8) is 0 Å². The highest BCUT2D eigenvalue weighted by Crippen LogP contribution is 2.18. The van der Waals surface area contributed by atoms with E-state index in [2.05, 4.69) is 26.0 Å². The molecule has 0 saturated carbocycles. The fraction of sp³-hybridized carbons (Fsp3) is 0.932. The van der Waals surface area contributed by atoms with Crippen LogP contribution in [-0.2, 0) is 19.1 Å².